The van der Waals surface area contributed by atoms with E-state index in [2.05, 4.69) is 5.32 Å². The van der Waals surface area contributed by atoms with E-state index in [-0.39, 0.29) is 35.8 Å². The number of rotatable bonds is 2. The summed E-state index contributed by atoms with van der Waals surface area (Å²) >= 11 is 0. The van der Waals surface area contributed by atoms with E-state index in [4.69, 9.17) is 0 Å². The minimum atomic E-state index is -0.849. The summed E-state index contributed by atoms with van der Waals surface area (Å²) in [5.74, 6) is -1.95. The average molecular weight is 388 g/mol. The van der Waals surface area contributed by atoms with Gasteiger partial charge in [-0.3, -0.25) is 9.59 Å². The molecule has 0 aromatic heterocycles. The van der Waals surface area contributed by atoms with E-state index < -0.39 is 17.5 Å². The maximum absolute atomic E-state index is 13.8. The molecule has 1 N–H and O–H groups in total. The van der Waals surface area contributed by atoms with Gasteiger partial charge in [0.2, 0.25) is 5.91 Å². The van der Waals surface area contributed by atoms with Gasteiger partial charge in [-0.2, -0.15) is 0 Å². The van der Waals surface area contributed by atoms with Crippen LogP contribution in [-0.2, 0) is 4.79 Å². The number of halogens is 3. The van der Waals surface area contributed by atoms with Gasteiger partial charge in [0.05, 0.1) is 5.56 Å². The number of carbonyl (C=O) groups excluding carboxylic acids is 2. The van der Waals surface area contributed by atoms with Gasteiger partial charge >= 0.3 is 0 Å². The van der Waals surface area contributed by atoms with E-state index in [0.717, 1.165) is 25.2 Å². The lowest BCUT2D eigenvalue weighted by Crippen LogP contribution is -2.55. The van der Waals surface area contributed by atoms with Crippen LogP contribution in [0, 0.1) is 17.6 Å². The molecule has 0 unspecified atom stereocenters. The number of hydrogen-bond donors (Lipinski definition) is 1. The number of carbonyl (C=O) groups is 2. The molecular formula is C18H24ClF2N3O2. The Morgan fingerprint density at radius 2 is 1.85 bits per heavy atom. The zero-order valence-corrected chi connectivity index (χ0v) is 15.5. The van der Waals surface area contributed by atoms with E-state index in [9.17, 15) is 18.4 Å². The van der Waals surface area contributed by atoms with Crippen molar-refractivity contribution in [1.82, 2.24) is 15.1 Å². The maximum Gasteiger partial charge on any atom is 0.256 e. The largest absolute Gasteiger partial charge is 0.339 e. The van der Waals surface area contributed by atoms with Crippen molar-refractivity contribution in [1.29, 1.82) is 0 Å². The van der Waals surface area contributed by atoms with E-state index in [1.165, 1.54) is 6.07 Å². The van der Waals surface area contributed by atoms with Crippen LogP contribution in [0.3, 0.4) is 0 Å². The number of nitrogens with one attached hydrogen (secondary N) is 1. The highest BCUT2D eigenvalue weighted by Gasteiger charge is 2.33. The van der Waals surface area contributed by atoms with E-state index in [1.54, 1.807) is 4.90 Å². The molecule has 2 heterocycles. The number of nitrogens with zero attached hydrogens (tertiary/aromatic N) is 2. The second-order valence-corrected chi connectivity index (χ2v) is 6.78. The van der Waals surface area contributed by atoms with Crippen molar-refractivity contribution in [3.05, 3.63) is 35.4 Å². The minimum absolute atomic E-state index is 0. The van der Waals surface area contributed by atoms with Crippen LogP contribution < -0.4 is 5.32 Å². The van der Waals surface area contributed by atoms with E-state index >= 15 is 0 Å². The molecule has 2 aliphatic rings. The molecule has 2 amide bonds. The lowest BCUT2D eigenvalue weighted by atomic mass is 9.94. The molecule has 2 fully saturated rings. The molecular weight excluding hydrogens is 364 g/mol. The number of amides is 2. The fourth-order valence-corrected chi connectivity index (χ4v) is 3.57. The first-order valence-electron chi connectivity index (χ1n) is 8.73. The van der Waals surface area contributed by atoms with Gasteiger partial charge in [0.1, 0.15) is 11.6 Å². The number of piperazine rings is 1. The third kappa shape index (κ3) is 4.32. The molecule has 5 nitrogen and oxygen atoms in total. The van der Waals surface area contributed by atoms with Crippen LogP contribution in [0.15, 0.2) is 18.2 Å². The molecule has 2 aliphatic heterocycles. The lowest BCUT2D eigenvalue weighted by molar-refractivity contribution is -0.139. The summed E-state index contributed by atoms with van der Waals surface area (Å²) in [6, 6.07) is 3.15. The van der Waals surface area contributed by atoms with Gasteiger partial charge in [0.15, 0.2) is 0 Å². The fourth-order valence-electron chi connectivity index (χ4n) is 3.57. The van der Waals surface area contributed by atoms with Gasteiger partial charge in [0, 0.05) is 50.7 Å². The Bertz CT molecular complexity index is 666. The second kappa shape index (κ2) is 8.77. The highest BCUT2D eigenvalue weighted by Crippen LogP contribution is 2.23. The zero-order valence-electron chi connectivity index (χ0n) is 14.7. The highest BCUT2D eigenvalue weighted by molar-refractivity contribution is 5.94. The molecule has 0 bridgehead atoms. The maximum atomic E-state index is 13.8. The lowest BCUT2D eigenvalue weighted by Gasteiger charge is -2.39. The highest BCUT2D eigenvalue weighted by atomic mass is 35.5. The molecule has 0 spiro atoms. The van der Waals surface area contributed by atoms with Gasteiger partial charge in [-0.25, -0.2) is 8.78 Å². The van der Waals surface area contributed by atoms with Gasteiger partial charge in [0.25, 0.3) is 5.91 Å². The third-order valence-electron chi connectivity index (χ3n) is 5.08. The summed E-state index contributed by atoms with van der Waals surface area (Å²) in [5, 5.41) is 3.26. The van der Waals surface area contributed by atoms with E-state index in [1.807, 2.05) is 11.8 Å². The van der Waals surface area contributed by atoms with Crippen molar-refractivity contribution in [2.45, 2.75) is 25.8 Å². The van der Waals surface area contributed by atoms with Crippen molar-refractivity contribution in [2.24, 2.45) is 5.92 Å². The van der Waals surface area contributed by atoms with Crippen LogP contribution in [0.1, 0.15) is 30.1 Å². The summed E-state index contributed by atoms with van der Waals surface area (Å²) in [7, 11) is 0. The molecule has 144 valence electrons. The third-order valence-corrected chi connectivity index (χ3v) is 5.08. The van der Waals surface area contributed by atoms with Crippen molar-refractivity contribution >= 4 is 24.2 Å². The number of benzene rings is 1. The quantitative estimate of drug-likeness (QED) is 0.845. The summed E-state index contributed by atoms with van der Waals surface area (Å²) < 4.78 is 26.8. The molecule has 1 aromatic carbocycles. The van der Waals surface area contributed by atoms with Crippen LogP contribution in [0.4, 0.5) is 8.78 Å². The topological polar surface area (TPSA) is 52.7 Å². The summed E-state index contributed by atoms with van der Waals surface area (Å²) in [6.07, 6.45) is 1.15. The standard InChI is InChI=1S/C18H23F2N3O2.ClH/c1-12-11-21-6-9-23(12)17(24)13-4-7-22(8-5-13)18(25)15-3-2-14(19)10-16(15)20;/h2-3,10,12-13,21H,4-9,11H2,1H3;1H/t12-;/m0./s1. The molecule has 2 saturated heterocycles. The molecule has 0 saturated carbocycles. The van der Waals surface area contributed by atoms with Gasteiger partial charge in [-0.15, -0.1) is 12.4 Å². The minimum Gasteiger partial charge on any atom is -0.339 e. The Morgan fingerprint density at radius 1 is 1.15 bits per heavy atom. The van der Waals surface area contributed by atoms with Crippen LogP contribution >= 0.6 is 12.4 Å². The van der Waals surface area contributed by atoms with Crippen LogP contribution in [0.25, 0.3) is 0 Å². The first kappa shape index (κ1) is 20.6. The first-order valence-corrected chi connectivity index (χ1v) is 8.73. The van der Waals surface area contributed by atoms with Crippen LogP contribution in [0.2, 0.25) is 0 Å². The molecule has 1 aromatic rings. The Hall–Kier alpha value is -1.73. The first-order chi connectivity index (χ1) is 12.0. The molecule has 26 heavy (non-hydrogen) atoms. The van der Waals surface area contributed by atoms with Crippen LogP contribution in [-0.4, -0.2) is 60.4 Å². The Balaban J connectivity index is 0.00000243. The number of likely N-dealkylation sites (tertiary alicyclic amines) is 1. The van der Waals surface area contributed by atoms with Crippen molar-refractivity contribution < 1.29 is 18.4 Å². The second-order valence-electron chi connectivity index (χ2n) is 6.78. The van der Waals surface area contributed by atoms with Crippen LogP contribution in [0.5, 0.6) is 0 Å². The Morgan fingerprint density at radius 3 is 2.46 bits per heavy atom. The number of piperidine rings is 1. The molecule has 0 radical (unpaired) electrons. The monoisotopic (exact) mass is 387 g/mol. The summed E-state index contributed by atoms with van der Waals surface area (Å²) in [6.45, 7) is 5.16. The van der Waals surface area contributed by atoms with Gasteiger partial charge < -0.3 is 15.1 Å². The van der Waals surface area contributed by atoms with E-state index in [0.29, 0.717) is 32.5 Å². The van der Waals surface area contributed by atoms with Crippen molar-refractivity contribution in [2.75, 3.05) is 32.7 Å². The van der Waals surface area contributed by atoms with Crippen molar-refractivity contribution in [3.8, 4) is 0 Å². The molecule has 3 rings (SSSR count). The predicted molar refractivity (Wildman–Crippen MR) is 96.3 cm³/mol. The van der Waals surface area contributed by atoms with Crippen molar-refractivity contribution in [3.63, 3.8) is 0 Å². The zero-order chi connectivity index (χ0) is 18.0. The molecule has 1 atom stereocenters. The summed E-state index contributed by atoms with van der Waals surface area (Å²) in [4.78, 5) is 28.6. The normalized spacial score (nSPS) is 21.3. The summed E-state index contributed by atoms with van der Waals surface area (Å²) in [5.41, 5.74) is -0.123. The fraction of sp³-hybridized carbons (Fsp3) is 0.556. The SMILES string of the molecule is C[C@H]1CNCCN1C(=O)C1CCN(C(=O)c2ccc(F)cc2F)CC1.Cl. The molecule has 8 heteroatoms. The Labute approximate surface area is 158 Å². The smallest absolute Gasteiger partial charge is 0.256 e. The average Bonchev–Trinajstić information content (AvgIpc) is 2.61. The van der Waals surface area contributed by atoms with Gasteiger partial charge in [-0.05, 0) is 31.9 Å². The predicted octanol–water partition coefficient (Wildman–Crippen LogP) is 2.06. The Kier molecular flexibility index (Phi) is 6.94. The number of hydrogen-bond acceptors (Lipinski definition) is 3. The molecule has 0 aliphatic carbocycles. The van der Waals surface area contributed by atoms with Gasteiger partial charge in [-0.1, -0.05) is 0 Å².